The lowest BCUT2D eigenvalue weighted by molar-refractivity contribution is 0.187. The van der Waals surface area contributed by atoms with Crippen molar-refractivity contribution in [3.8, 4) is 6.01 Å². The Morgan fingerprint density at radius 2 is 1.86 bits per heavy atom. The number of likely N-dealkylation sites (tertiary alicyclic amines) is 1. The fourth-order valence-electron chi connectivity index (χ4n) is 5.62. The third kappa shape index (κ3) is 5.32. The van der Waals surface area contributed by atoms with Crippen LogP contribution in [0.5, 0.6) is 6.01 Å². The average molecular weight is 527 g/mol. The lowest BCUT2D eigenvalue weighted by atomic mass is 10.0. The molecule has 0 bridgehead atoms. The third-order valence-corrected chi connectivity index (χ3v) is 9.63. The quantitative estimate of drug-likeness (QED) is 0.545. The Morgan fingerprint density at radius 1 is 1.08 bits per heavy atom. The van der Waals surface area contributed by atoms with Crippen molar-refractivity contribution in [2.45, 2.75) is 45.7 Å². The van der Waals surface area contributed by atoms with Crippen molar-refractivity contribution < 1.29 is 13.2 Å². The molecule has 3 aliphatic rings. The molecule has 0 radical (unpaired) electrons. The van der Waals surface area contributed by atoms with E-state index < -0.39 is 10.0 Å². The summed E-state index contributed by atoms with van der Waals surface area (Å²) in [7, 11) is -1.28. The van der Waals surface area contributed by atoms with Crippen LogP contribution in [0.4, 0.5) is 11.5 Å². The van der Waals surface area contributed by atoms with E-state index >= 15 is 0 Å². The second-order valence-electron chi connectivity index (χ2n) is 10.3. The number of ether oxygens (including phenoxy) is 1. The van der Waals surface area contributed by atoms with Crippen LogP contribution in [0.25, 0.3) is 0 Å². The largest absolute Gasteiger partial charge is 0.462 e. The maximum atomic E-state index is 12.3. The number of rotatable bonds is 7. The molecule has 3 aliphatic heterocycles. The molecule has 5 rings (SSSR count). The molecular weight excluding hydrogens is 488 g/mol. The van der Waals surface area contributed by atoms with Crippen LogP contribution in [0.1, 0.15) is 35.2 Å². The van der Waals surface area contributed by atoms with E-state index in [1.54, 1.807) is 0 Å². The molecule has 10 heteroatoms. The van der Waals surface area contributed by atoms with Crippen molar-refractivity contribution in [1.82, 2.24) is 19.2 Å². The van der Waals surface area contributed by atoms with E-state index in [0.717, 1.165) is 48.4 Å². The van der Waals surface area contributed by atoms with Gasteiger partial charge < -0.3 is 19.4 Å². The zero-order valence-electron chi connectivity index (χ0n) is 22.2. The normalized spacial score (nSPS) is 21.2. The van der Waals surface area contributed by atoms with E-state index in [2.05, 4.69) is 60.4 Å². The molecule has 1 aromatic heterocycles. The van der Waals surface area contributed by atoms with Crippen LogP contribution >= 0.6 is 0 Å². The van der Waals surface area contributed by atoms with Gasteiger partial charge in [-0.05, 0) is 63.9 Å². The van der Waals surface area contributed by atoms with Crippen LogP contribution in [0, 0.1) is 13.8 Å². The first-order valence-corrected chi connectivity index (χ1v) is 14.7. The number of aryl methyl sites for hydroxylation is 1. The summed E-state index contributed by atoms with van der Waals surface area (Å²) in [5.74, 6) is 0.885. The summed E-state index contributed by atoms with van der Waals surface area (Å²) in [6.07, 6.45) is 3.13. The van der Waals surface area contributed by atoms with Crippen molar-refractivity contribution in [2.75, 3.05) is 62.7 Å². The summed E-state index contributed by atoms with van der Waals surface area (Å²) in [6.45, 7) is 13.0. The second kappa shape index (κ2) is 10.6. The fourth-order valence-corrected chi connectivity index (χ4v) is 6.50. The van der Waals surface area contributed by atoms with Gasteiger partial charge in [0, 0.05) is 55.4 Å². The number of hydrogen-bond acceptors (Lipinski definition) is 8. The highest BCUT2D eigenvalue weighted by atomic mass is 32.2. The molecule has 2 fully saturated rings. The lowest BCUT2D eigenvalue weighted by Crippen LogP contribution is -2.49. The molecule has 2 saturated heterocycles. The van der Waals surface area contributed by atoms with Crippen molar-refractivity contribution >= 4 is 21.5 Å². The molecule has 1 atom stereocenters. The van der Waals surface area contributed by atoms with Gasteiger partial charge in [-0.25, -0.2) is 8.42 Å². The number of nitrogens with zero attached hydrogens (tertiary/aromatic N) is 6. The Bertz CT molecular complexity index is 1260. The minimum Gasteiger partial charge on any atom is -0.462 e. The number of aromatic nitrogens is 2. The molecule has 9 nitrogen and oxygen atoms in total. The monoisotopic (exact) mass is 526 g/mol. The fraction of sp³-hybridized carbons (Fsp3) is 0.556. The Kier molecular flexibility index (Phi) is 7.42. The summed E-state index contributed by atoms with van der Waals surface area (Å²) in [4.78, 5) is 16.7. The van der Waals surface area contributed by atoms with Crippen LogP contribution in [0.3, 0.4) is 0 Å². The van der Waals surface area contributed by atoms with E-state index in [1.165, 1.54) is 27.5 Å². The summed E-state index contributed by atoms with van der Waals surface area (Å²) in [5, 5.41) is 1.03. The number of sulfonamides is 1. The average Bonchev–Trinajstić information content (AvgIpc) is 3.32. The molecule has 37 heavy (non-hydrogen) atoms. The number of fused-ring (bicyclic) bond motifs is 1. The molecule has 1 aromatic carbocycles. The van der Waals surface area contributed by atoms with Gasteiger partial charge in [-0.2, -0.15) is 14.3 Å². The van der Waals surface area contributed by atoms with Gasteiger partial charge in [0.15, 0.2) is 0 Å². The van der Waals surface area contributed by atoms with Gasteiger partial charge in [0.2, 0.25) is 10.0 Å². The second-order valence-corrected chi connectivity index (χ2v) is 12.2. The Hall–Kier alpha value is -2.69. The highest BCUT2D eigenvalue weighted by Gasteiger charge is 2.31. The molecule has 0 saturated carbocycles. The molecule has 0 N–H and O–H groups in total. The smallest absolute Gasteiger partial charge is 0.318 e. The van der Waals surface area contributed by atoms with E-state index in [-0.39, 0.29) is 0 Å². The van der Waals surface area contributed by atoms with Crippen LogP contribution in [0.15, 0.2) is 30.2 Å². The van der Waals surface area contributed by atoms with E-state index in [1.807, 2.05) is 0 Å². The molecule has 0 aliphatic carbocycles. The van der Waals surface area contributed by atoms with Gasteiger partial charge in [-0.15, -0.1) is 0 Å². The standard InChI is InChI=1S/C27H38N6O3S/c1-5-37(34,35)33-16-14-31(15-17-33)26-23-11-13-32(25-10-6-8-20(2)21(25)3)18-24(23)28-27(29-26)36-19-22-9-7-12-30(22)4/h5-6,8,10,22H,1,7,9,11-19H2,2-4H3. The van der Waals surface area contributed by atoms with Gasteiger partial charge in [0.1, 0.15) is 12.4 Å². The van der Waals surface area contributed by atoms with Gasteiger partial charge in [-0.3, -0.25) is 0 Å². The Labute approximate surface area is 220 Å². The van der Waals surface area contributed by atoms with Gasteiger partial charge in [-0.1, -0.05) is 18.7 Å². The maximum Gasteiger partial charge on any atom is 0.318 e. The molecule has 0 spiro atoms. The SMILES string of the molecule is C=CS(=O)(=O)N1CCN(c2nc(OCC3CCCN3C)nc3c2CCN(c2cccc(C)c2C)C3)CC1. The molecule has 0 amide bonds. The first-order valence-electron chi connectivity index (χ1n) is 13.2. The van der Waals surface area contributed by atoms with Crippen molar-refractivity contribution in [3.63, 3.8) is 0 Å². The minimum absolute atomic E-state index is 0.377. The topological polar surface area (TPSA) is 82.1 Å². The molecular formula is C27H38N6O3S. The Morgan fingerprint density at radius 3 is 2.57 bits per heavy atom. The summed E-state index contributed by atoms with van der Waals surface area (Å²) in [6, 6.07) is 7.24. The highest BCUT2D eigenvalue weighted by Crippen LogP contribution is 2.33. The first kappa shape index (κ1) is 25.9. The van der Waals surface area contributed by atoms with Crippen molar-refractivity contribution in [3.05, 3.63) is 52.6 Å². The number of hydrogen-bond donors (Lipinski definition) is 0. The van der Waals surface area contributed by atoms with Gasteiger partial charge >= 0.3 is 6.01 Å². The van der Waals surface area contributed by atoms with Gasteiger partial charge in [0.05, 0.1) is 12.2 Å². The van der Waals surface area contributed by atoms with E-state index in [4.69, 9.17) is 14.7 Å². The number of piperazine rings is 1. The van der Waals surface area contributed by atoms with Crippen molar-refractivity contribution in [2.24, 2.45) is 0 Å². The van der Waals surface area contributed by atoms with Crippen LogP contribution in [-0.4, -0.2) is 86.6 Å². The van der Waals surface area contributed by atoms with Crippen LogP contribution < -0.4 is 14.5 Å². The van der Waals surface area contributed by atoms with Crippen LogP contribution in [-0.2, 0) is 23.0 Å². The van der Waals surface area contributed by atoms with Crippen LogP contribution in [0.2, 0.25) is 0 Å². The van der Waals surface area contributed by atoms with E-state index in [9.17, 15) is 8.42 Å². The van der Waals surface area contributed by atoms with Crippen molar-refractivity contribution in [1.29, 1.82) is 0 Å². The summed E-state index contributed by atoms with van der Waals surface area (Å²) < 4.78 is 32.2. The number of benzene rings is 1. The molecule has 4 heterocycles. The molecule has 1 unspecified atom stereocenters. The number of likely N-dealkylation sites (N-methyl/N-ethyl adjacent to an activating group) is 1. The summed E-state index contributed by atoms with van der Waals surface area (Å²) in [5.41, 5.74) is 5.95. The minimum atomic E-state index is -3.42. The summed E-state index contributed by atoms with van der Waals surface area (Å²) >= 11 is 0. The maximum absolute atomic E-state index is 12.3. The van der Waals surface area contributed by atoms with Gasteiger partial charge in [0.25, 0.3) is 0 Å². The zero-order chi connectivity index (χ0) is 26.2. The molecule has 2 aromatic rings. The number of anilines is 2. The third-order valence-electron chi connectivity index (χ3n) is 8.12. The first-order chi connectivity index (χ1) is 17.8. The highest BCUT2D eigenvalue weighted by molar-refractivity contribution is 7.92. The molecule has 200 valence electrons. The predicted octanol–water partition coefficient (Wildman–Crippen LogP) is 2.72. The van der Waals surface area contributed by atoms with E-state index in [0.29, 0.717) is 51.4 Å². The Balaban J connectivity index is 1.42. The zero-order valence-corrected chi connectivity index (χ0v) is 23.0. The lowest BCUT2D eigenvalue weighted by Gasteiger charge is -2.37. The predicted molar refractivity (Wildman–Crippen MR) is 147 cm³/mol.